The zero-order chi connectivity index (χ0) is 14.4. The summed E-state index contributed by atoms with van der Waals surface area (Å²) >= 11 is 0. The lowest BCUT2D eigenvalue weighted by atomic mass is 10.1. The molecule has 1 aromatic carbocycles. The average Bonchev–Trinajstić information content (AvgIpc) is 2.42. The molecule has 0 aliphatic heterocycles. The van der Waals surface area contributed by atoms with Gasteiger partial charge in [0, 0.05) is 18.7 Å². The van der Waals surface area contributed by atoms with Crippen LogP contribution in [0.1, 0.15) is 24.2 Å². The van der Waals surface area contributed by atoms with Gasteiger partial charge in [0.1, 0.15) is 6.61 Å². The summed E-state index contributed by atoms with van der Waals surface area (Å²) in [5.74, 6) is 0.920. The van der Waals surface area contributed by atoms with Gasteiger partial charge in [-0.15, -0.1) is 0 Å². The molecule has 106 valence electrons. The summed E-state index contributed by atoms with van der Waals surface area (Å²) < 4.78 is 10.5. The molecule has 0 aliphatic rings. The van der Waals surface area contributed by atoms with Crippen LogP contribution in [0.2, 0.25) is 0 Å². The van der Waals surface area contributed by atoms with Crippen molar-refractivity contribution in [2.75, 3.05) is 27.4 Å². The van der Waals surface area contributed by atoms with Gasteiger partial charge in [-0.1, -0.05) is 0 Å². The molecule has 0 unspecified atom stereocenters. The fourth-order valence-electron chi connectivity index (χ4n) is 1.52. The molecule has 5 heteroatoms. The number of carbonyl (C=O) groups excluding carboxylic acids is 1. The Labute approximate surface area is 113 Å². The quantitative estimate of drug-likeness (QED) is 0.849. The summed E-state index contributed by atoms with van der Waals surface area (Å²) in [6.07, 6.45) is 0. The first-order valence-corrected chi connectivity index (χ1v) is 6.20. The van der Waals surface area contributed by atoms with E-state index in [4.69, 9.17) is 14.6 Å². The number of benzene rings is 1. The molecule has 0 fully saturated rings. The molecule has 0 aliphatic carbocycles. The summed E-state index contributed by atoms with van der Waals surface area (Å²) in [5.41, 5.74) is 0.532. The minimum Gasteiger partial charge on any atom is -0.493 e. The maximum absolute atomic E-state index is 12.2. The van der Waals surface area contributed by atoms with E-state index in [1.165, 1.54) is 7.11 Å². The van der Waals surface area contributed by atoms with Gasteiger partial charge in [-0.3, -0.25) is 4.79 Å². The lowest BCUT2D eigenvalue weighted by Crippen LogP contribution is -2.32. The molecule has 1 N–H and O–H groups in total. The van der Waals surface area contributed by atoms with Crippen LogP contribution in [0.5, 0.6) is 11.5 Å². The van der Waals surface area contributed by atoms with Crippen molar-refractivity contribution >= 4 is 5.91 Å². The van der Waals surface area contributed by atoms with Gasteiger partial charge >= 0.3 is 0 Å². The van der Waals surface area contributed by atoms with E-state index in [2.05, 4.69) is 0 Å². The van der Waals surface area contributed by atoms with E-state index in [9.17, 15) is 4.79 Å². The molecule has 0 atom stereocenters. The second-order valence-electron chi connectivity index (χ2n) is 4.45. The first-order chi connectivity index (χ1) is 9.01. The highest BCUT2D eigenvalue weighted by atomic mass is 16.5. The van der Waals surface area contributed by atoms with Crippen molar-refractivity contribution in [3.05, 3.63) is 23.8 Å². The molecule has 1 rings (SSSR count). The Balaban J connectivity index is 3.00. The molecule has 0 aromatic heterocycles. The summed E-state index contributed by atoms with van der Waals surface area (Å²) in [6.45, 7) is 3.97. The molecular weight excluding hydrogens is 246 g/mol. The molecule has 1 amide bonds. The van der Waals surface area contributed by atoms with Crippen molar-refractivity contribution in [2.45, 2.75) is 19.9 Å². The van der Waals surface area contributed by atoms with E-state index in [0.717, 1.165) is 0 Å². The third kappa shape index (κ3) is 3.86. The van der Waals surface area contributed by atoms with Crippen LogP contribution in [-0.2, 0) is 0 Å². The maximum atomic E-state index is 12.2. The summed E-state index contributed by atoms with van der Waals surface area (Å²) in [4.78, 5) is 13.8. The Morgan fingerprint density at radius 3 is 2.58 bits per heavy atom. The summed E-state index contributed by atoms with van der Waals surface area (Å²) in [7, 11) is 3.29. The highest BCUT2D eigenvalue weighted by Gasteiger charge is 2.16. The minimum absolute atomic E-state index is 0.0773. The standard InChI is InChI=1S/C14H21NO4/c1-10(2)15(3)14(17)11-5-6-12(18-4)13(9-11)19-8-7-16/h5-6,9-10,16H,7-8H2,1-4H3. The van der Waals surface area contributed by atoms with E-state index in [1.54, 1.807) is 30.1 Å². The van der Waals surface area contributed by atoms with Gasteiger partial charge in [-0.2, -0.15) is 0 Å². The van der Waals surface area contributed by atoms with Crippen LogP contribution >= 0.6 is 0 Å². The zero-order valence-corrected chi connectivity index (χ0v) is 11.8. The number of rotatable bonds is 6. The predicted molar refractivity (Wildman–Crippen MR) is 72.8 cm³/mol. The Bertz CT molecular complexity index is 431. The monoisotopic (exact) mass is 267 g/mol. The number of hydrogen-bond acceptors (Lipinski definition) is 4. The van der Waals surface area contributed by atoms with Crippen LogP contribution in [0, 0.1) is 0 Å². The van der Waals surface area contributed by atoms with Gasteiger partial charge in [0.15, 0.2) is 11.5 Å². The number of hydrogen-bond donors (Lipinski definition) is 1. The van der Waals surface area contributed by atoms with Gasteiger partial charge in [-0.05, 0) is 32.0 Å². The lowest BCUT2D eigenvalue weighted by molar-refractivity contribution is 0.0754. The predicted octanol–water partition coefficient (Wildman–Crippen LogP) is 1.55. The summed E-state index contributed by atoms with van der Waals surface area (Å²) in [6, 6.07) is 5.15. The minimum atomic E-state index is -0.0901. The van der Waals surface area contributed by atoms with Crippen LogP contribution < -0.4 is 9.47 Å². The van der Waals surface area contributed by atoms with Crippen LogP contribution in [0.15, 0.2) is 18.2 Å². The van der Waals surface area contributed by atoms with Crippen LogP contribution in [-0.4, -0.2) is 49.3 Å². The molecule has 0 saturated heterocycles. The molecule has 1 aromatic rings. The first kappa shape index (κ1) is 15.3. The molecule has 0 radical (unpaired) electrons. The lowest BCUT2D eigenvalue weighted by Gasteiger charge is -2.22. The van der Waals surface area contributed by atoms with E-state index >= 15 is 0 Å². The zero-order valence-electron chi connectivity index (χ0n) is 11.8. The Morgan fingerprint density at radius 1 is 1.37 bits per heavy atom. The number of carbonyl (C=O) groups is 1. The van der Waals surface area contributed by atoms with Gasteiger partial charge in [-0.25, -0.2) is 0 Å². The first-order valence-electron chi connectivity index (χ1n) is 6.20. The molecular formula is C14H21NO4. The number of nitrogens with zero attached hydrogens (tertiary/aromatic N) is 1. The van der Waals surface area contributed by atoms with Gasteiger partial charge in [0.05, 0.1) is 13.7 Å². The fraction of sp³-hybridized carbons (Fsp3) is 0.500. The average molecular weight is 267 g/mol. The highest BCUT2D eigenvalue weighted by Crippen LogP contribution is 2.28. The molecule has 0 heterocycles. The third-order valence-corrected chi connectivity index (χ3v) is 2.85. The van der Waals surface area contributed by atoms with Gasteiger partial charge < -0.3 is 19.5 Å². The van der Waals surface area contributed by atoms with Crippen molar-refractivity contribution in [3.63, 3.8) is 0 Å². The van der Waals surface area contributed by atoms with Crippen molar-refractivity contribution in [2.24, 2.45) is 0 Å². The molecule has 0 bridgehead atoms. The SMILES string of the molecule is COc1ccc(C(=O)N(C)C(C)C)cc1OCCO. The van der Waals surface area contributed by atoms with Crippen molar-refractivity contribution < 1.29 is 19.4 Å². The van der Waals surface area contributed by atoms with Crippen LogP contribution in [0.4, 0.5) is 0 Å². The number of aliphatic hydroxyl groups excluding tert-OH is 1. The normalized spacial score (nSPS) is 10.4. The van der Waals surface area contributed by atoms with Crippen molar-refractivity contribution in [1.29, 1.82) is 0 Å². The highest BCUT2D eigenvalue weighted by molar-refractivity contribution is 5.94. The van der Waals surface area contributed by atoms with Gasteiger partial charge in [0.2, 0.25) is 0 Å². The second-order valence-corrected chi connectivity index (χ2v) is 4.45. The largest absolute Gasteiger partial charge is 0.493 e. The van der Waals surface area contributed by atoms with Crippen LogP contribution in [0.25, 0.3) is 0 Å². The van der Waals surface area contributed by atoms with Crippen LogP contribution in [0.3, 0.4) is 0 Å². The topological polar surface area (TPSA) is 59.0 Å². The van der Waals surface area contributed by atoms with E-state index in [1.807, 2.05) is 13.8 Å². The van der Waals surface area contributed by atoms with E-state index in [-0.39, 0.29) is 25.2 Å². The number of amides is 1. The molecule has 0 spiro atoms. The fourth-order valence-corrected chi connectivity index (χ4v) is 1.52. The molecule has 5 nitrogen and oxygen atoms in total. The number of ether oxygens (including phenoxy) is 2. The van der Waals surface area contributed by atoms with Crippen molar-refractivity contribution in [3.8, 4) is 11.5 Å². The molecule has 0 saturated carbocycles. The number of methoxy groups -OCH3 is 1. The number of aliphatic hydroxyl groups is 1. The molecule has 19 heavy (non-hydrogen) atoms. The van der Waals surface area contributed by atoms with Gasteiger partial charge in [0.25, 0.3) is 5.91 Å². The maximum Gasteiger partial charge on any atom is 0.253 e. The van der Waals surface area contributed by atoms with Crippen molar-refractivity contribution in [1.82, 2.24) is 4.90 Å². The van der Waals surface area contributed by atoms with E-state index in [0.29, 0.717) is 17.1 Å². The third-order valence-electron chi connectivity index (χ3n) is 2.85. The Kier molecular flexibility index (Phi) is 5.63. The smallest absolute Gasteiger partial charge is 0.253 e. The summed E-state index contributed by atoms with van der Waals surface area (Å²) in [5, 5.41) is 8.79. The Morgan fingerprint density at radius 2 is 2.05 bits per heavy atom. The van der Waals surface area contributed by atoms with E-state index < -0.39 is 0 Å². The Hall–Kier alpha value is -1.75. The second kappa shape index (κ2) is 6.99.